The zero-order valence-corrected chi connectivity index (χ0v) is 7.59. The van der Waals surface area contributed by atoms with E-state index >= 15 is 0 Å². The van der Waals surface area contributed by atoms with Crippen LogP contribution in [0, 0.1) is 0 Å². The second-order valence-corrected chi connectivity index (χ2v) is 3.31. The minimum atomic E-state index is -1.02. The fourth-order valence-corrected chi connectivity index (χ4v) is 1.59. The molecule has 2 aliphatic heterocycles. The Balaban J connectivity index is 2.33. The summed E-state index contributed by atoms with van der Waals surface area (Å²) in [4.78, 5) is 4.34. The molecule has 3 heteroatoms. The molecule has 0 spiro atoms. The van der Waals surface area contributed by atoms with E-state index in [0.29, 0.717) is 13.2 Å². The summed E-state index contributed by atoms with van der Waals surface area (Å²) in [5.41, 5.74) is 2.66. The van der Waals surface area contributed by atoms with Crippen molar-refractivity contribution in [2.45, 2.75) is 19.5 Å². The van der Waals surface area contributed by atoms with Crippen LogP contribution in [0.15, 0.2) is 28.4 Å². The van der Waals surface area contributed by atoms with E-state index in [9.17, 15) is 4.39 Å². The zero-order chi connectivity index (χ0) is 9.26. The molecule has 0 radical (unpaired) electrons. The highest BCUT2D eigenvalue weighted by atomic mass is 19.1. The van der Waals surface area contributed by atoms with Crippen molar-refractivity contribution in [3.05, 3.63) is 23.4 Å². The molecule has 1 saturated heterocycles. The lowest BCUT2D eigenvalue weighted by Crippen LogP contribution is -2.19. The van der Waals surface area contributed by atoms with Crippen LogP contribution in [0.4, 0.5) is 4.39 Å². The van der Waals surface area contributed by atoms with Gasteiger partial charge in [0.05, 0.1) is 13.2 Å². The molecule has 1 fully saturated rings. The van der Waals surface area contributed by atoms with E-state index in [1.807, 2.05) is 6.92 Å². The Hall–Kier alpha value is -0.960. The molecular weight excluding hydrogens is 169 g/mol. The number of halogens is 1. The molecule has 0 aromatic rings. The van der Waals surface area contributed by atoms with E-state index in [1.54, 1.807) is 6.08 Å². The molecule has 0 aromatic heterocycles. The summed E-state index contributed by atoms with van der Waals surface area (Å²) in [6.45, 7) is 3.02. The van der Waals surface area contributed by atoms with Crippen LogP contribution in [-0.4, -0.2) is 25.1 Å². The first-order chi connectivity index (χ1) is 6.25. The first-order valence-corrected chi connectivity index (χ1v) is 4.44. The molecule has 0 saturated carbocycles. The van der Waals surface area contributed by atoms with Gasteiger partial charge in [-0.2, -0.15) is 0 Å². The zero-order valence-electron chi connectivity index (χ0n) is 7.59. The van der Waals surface area contributed by atoms with Crippen LogP contribution < -0.4 is 0 Å². The van der Waals surface area contributed by atoms with Crippen molar-refractivity contribution in [3.63, 3.8) is 0 Å². The van der Waals surface area contributed by atoms with Gasteiger partial charge in [0, 0.05) is 17.8 Å². The average Bonchev–Trinajstić information content (AvgIpc) is 2.20. The van der Waals surface area contributed by atoms with Gasteiger partial charge < -0.3 is 4.74 Å². The Bertz CT molecular complexity index is 304. The minimum absolute atomic E-state index is 0.500. The van der Waals surface area contributed by atoms with Crippen LogP contribution in [0.1, 0.15) is 13.3 Å². The second kappa shape index (κ2) is 3.42. The third-order valence-electron chi connectivity index (χ3n) is 2.18. The molecule has 2 nitrogen and oxygen atoms in total. The summed E-state index contributed by atoms with van der Waals surface area (Å²) >= 11 is 0. The lowest BCUT2D eigenvalue weighted by atomic mass is 10.1. The van der Waals surface area contributed by atoms with Gasteiger partial charge in [-0.1, -0.05) is 0 Å². The predicted molar refractivity (Wildman–Crippen MR) is 49.6 cm³/mol. The van der Waals surface area contributed by atoms with Gasteiger partial charge in [-0.05, 0) is 24.6 Å². The monoisotopic (exact) mass is 181 g/mol. The molecule has 2 rings (SSSR count). The fourth-order valence-electron chi connectivity index (χ4n) is 1.59. The van der Waals surface area contributed by atoms with Crippen LogP contribution in [0.25, 0.3) is 0 Å². The quantitative estimate of drug-likeness (QED) is 0.560. The van der Waals surface area contributed by atoms with Gasteiger partial charge in [-0.25, -0.2) is 4.39 Å². The maximum absolute atomic E-state index is 13.2. The third kappa shape index (κ3) is 1.86. The molecule has 2 heterocycles. The van der Waals surface area contributed by atoms with Gasteiger partial charge in [0.15, 0.2) is 0 Å². The number of alkyl halides is 1. The molecule has 0 aromatic carbocycles. The fraction of sp³-hybridized carbons (Fsp3) is 0.500. The van der Waals surface area contributed by atoms with Gasteiger partial charge in [0.1, 0.15) is 6.17 Å². The van der Waals surface area contributed by atoms with Crippen molar-refractivity contribution < 1.29 is 9.13 Å². The van der Waals surface area contributed by atoms with E-state index < -0.39 is 6.17 Å². The number of ether oxygens (including phenoxy) is 1. The summed E-state index contributed by atoms with van der Waals surface area (Å²) < 4.78 is 18.4. The number of hydrogen-bond acceptors (Lipinski definition) is 2. The average molecular weight is 181 g/mol. The normalized spacial score (nSPS) is 28.2. The predicted octanol–water partition coefficient (Wildman–Crippen LogP) is 2.03. The maximum Gasteiger partial charge on any atom is 0.139 e. The molecular formula is C10H12FNO. The molecule has 0 amide bonds. The third-order valence-corrected chi connectivity index (χ3v) is 2.18. The van der Waals surface area contributed by atoms with Crippen LogP contribution >= 0.6 is 0 Å². The molecule has 0 aliphatic carbocycles. The number of fused-ring (bicyclic) bond motifs is 1. The van der Waals surface area contributed by atoms with Crippen LogP contribution in [0.2, 0.25) is 0 Å². The highest BCUT2D eigenvalue weighted by Crippen LogP contribution is 2.18. The Morgan fingerprint density at radius 1 is 1.54 bits per heavy atom. The van der Waals surface area contributed by atoms with Gasteiger partial charge in [0.25, 0.3) is 0 Å². The van der Waals surface area contributed by atoms with Crippen molar-refractivity contribution in [2.24, 2.45) is 4.99 Å². The Morgan fingerprint density at radius 2 is 2.38 bits per heavy atom. The number of rotatable bonds is 0. The molecule has 1 atom stereocenters. The van der Waals surface area contributed by atoms with E-state index in [4.69, 9.17) is 4.74 Å². The lowest BCUT2D eigenvalue weighted by Gasteiger charge is -2.16. The Labute approximate surface area is 76.8 Å². The SMILES string of the molecule is CC1=CC(F)C=C2COCCC2=N1. The van der Waals surface area contributed by atoms with Crippen LogP contribution in [0.5, 0.6) is 0 Å². The summed E-state index contributed by atoms with van der Waals surface area (Å²) in [5.74, 6) is 0. The van der Waals surface area contributed by atoms with E-state index in [-0.39, 0.29) is 0 Å². The summed E-state index contributed by atoms with van der Waals surface area (Å²) in [5, 5.41) is 0. The van der Waals surface area contributed by atoms with Gasteiger partial charge in [-0.15, -0.1) is 0 Å². The minimum Gasteiger partial charge on any atom is -0.376 e. The van der Waals surface area contributed by atoms with Crippen LogP contribution in [0.3, 0.4) is 0 Å². The largest absolute Gasteiger partial charge is 0.376 e. The number of aliphatic imine (C=N–C) groups is 1. The van der Waals surface area contributed by atoms with E-state index in [2.05, 4.69) is 4.99 Å². The standard InChI is InChI=1S/C10H12FNO/c1-7-4-9(11)5-8-6-13-3-2-10(8)12-7/h4-5,9H,2-3,6H2,1H3. The number of nitrogens with zero attached hydrogens (tertiary/aromatic N) is 1. The lowest BCUT2D eigenvalue weighted by molar-refractivity contribution is 0.157. The summed E-state index contributed by atoms with van der Waals surface area (Å²) in [6, 6.07) is 0. The molecule has 0 N–H and O–H groups in total. The Kier molecular flexibility index (Phi) is 2.27. The number of allylic oxidation sites excluding steroid dienone is 3. The second-order valence-electron chi connectivity index (χ2n) is 3.31. The maximum atomic E-state index is 13.2. The molecule has 2 aliphatic rings. The molecule has 13 heavy (non-hydrogen) atoms. The summed E-state index contributed by atoms with van der Waals surface area (Å²) in [7, 11) is 0. The first kappa shape index (κ1) is 8.63. The van der Waals surface area contributed by atoms with Crippen molar-refractivity contribution >= 4 is 5.71 Å². The van der Waals surface area contributed by atoms with Crippen molar-refractivity contribution in [1.29, 1.82) is 0 Å². The molecule has 70 valence electrons. The highest BCUT2D eigenvalue weighted by Gasteiger charge is 2.17. The van der Waals surface area contributed by atoms with E-state index in [1.165, 1.54) is 6.08 Å². The number of hydrogen-bond donors (Lipinski definition) is 0. The molecule has 1 unspecified atom stereocenters. The topological polar surface area (TPSA) is 21.6 Å². The summed E-state index contributed by atoms with van der Waals surface area (Å²) in [6.07, 6.45) is 2.90. The van der Waals surface area contributed by atoms with E-state index in [0.717, 1.165) is 23.4 Å². The van der Waals surface area contributed by atoms with Gasteiger partial charge in [-0.3, -0.25) is 4.99 Å². The van der Waals surface area contributed by atoms with Crippen LogP contribution in [-0.2, 0) is 4.74 Å². The van der Waals surface area contributed by atoms with Gasteiger partial charge >= 0.3 is 0 Å². The first-order valence-electron chi connectivity index (χ1n) is 4.44. The Morgan fingerprint density at radius 3 is 3.23 bits per heavy atom. The van der Waals surface area contributed by atoms with Crippen molar-refractivity contribution in [1.82, 2.24) is 0 Å². The van der Waals surface area contributed by atoms with Crippen molar-refractivity contribution in [2.75, 3.05) is 13.2 Å². The molecule has 0 bridgehead atoms. The van der Waals surface area contributed by atoms with Crippen molar-refractivity contribution in [3.8, 4) is 0 Å². The van der Waals surface area contributed by atoms with Gasteiger partial charge in [0.2, 0.25) is 0 Å². The highest BCUT2D eigenvalue weighted by molar-refractivity contribution is 6.01. The smallest absolute Gasteiger partial charge is 0.139 e.